The van der Waals surface area contributed by atoms with Crippen molar-refractivity contribution in [2.75, 3.05) is 7.11 Å². The van der Waals surface area contributed by atoms with E-state index in [4.69, 9.17) is 5.11 Å². The van der Waals surface area contributed by atoms with Crippen LogP contribution in [-0.2, 0) is 6.61 Å². The molecule has 1 rings (SSSR count). The summed E-state index contributed by atoms with van der Waals surface area (Å²) < 4.78 is 42.1. The summed E-state index contributed by atoms with van der Waals surface area (Å²) in [5.74, 6) is -1.63. The van der Waals surface area contributed by atoms with Crippen LogP contribution in [0.1, 0.15) is 17.7 Å². The fourth-order valence-electron chi connectivity index (χ4n) is 0.997. The highest BCUT2D eigenvalue weighted by Gasteiger charge is 2.21. The number of ether oxygens (including phenoxy) is 1. The van der Waals surface area contributed by atoms with Gasteiger partial charge in [-0.25, -0.2) is 13.8 Å². The molecule has 0 aliphatic rings. The number of hydrogen-bond acceptors (Lipinski definition) is 3. The number of aliphatic hydroxyl groups excluding tert-OH is 1. The lowest BCUT2D eigenvalue weighted by molar-refractivity contribution is 0.140. The van der Waals surface area contributed by atoms with Crippen molar-refractivity contribution in [3.8, 4) is 5.75 Å². The SMILES string of the molecule is COc1cc(CO)nc(F)c1C(F)F. The highest BCUT2D eigenvalue weighted by molar-refractivity contribution is 5.34. The van der Waals surface area contributed by atoms with Gasteiger partial charge in [0.15, 0.2) is 0 Å². The van der Waals surface area contributed by atoms with E-state index in [-0.39, 0.29) is 11.4 Å². The summed E-state index contributed by atoms with van der Waals surface area (Å²) in [4.78, 5) is 3.14. The van der Waals surface area contributed by atoms with Crippen LogP contribution in [0.2, 0.25) is 0 Å². The van der Waals surface area contributed by atoms with E-state index in [1.54, 1.807) is 0 Å². The van der Waals surface area contributed by atoms with Crippen molar-refractivity contribution in [2.24, 2.45) is 0 Å². The zero-order valence-electron chi connectivity index (χ0n) is 7.30. The molecule has 0 radical (unpaired) electrons. The van der Waals surface area contributed by atoms with Crippen molar-refractivity contribution in [3.05, 3.63) is 23.3 Å². The summed E-state index contributed by atoms with van der Waals surface area (Å²) in [5.41, 5.74) is -0.937. The first kappa shape index (κ1) is 10.8. The van der Waals surface area contributed by atoms with Crippen molar-refractivity contribution in [2.45, 2.75) is 13.0 Å². The molecule has 0 aliphatic carbocycles. The smallest absolute Gasteiger partial charge is 0.271 e. The third-order valence-corrected chi connectivity index (χ3v) is 1.63. The van der Waals surface area contributed by atoms with E-state index in [1.165, 1.54) is 0 Å². The van der Waals surface area contributed by atoms with Gasteiger partial charge in [0.05, 0.1) is 19.4 Å². The van der Waals surface area contributed by atoms with Crippen LogP contribution in [0.3, 0.4) is 0 Å². The summed E-state index contributed by atoms with van der Waals surface area (Å²) in [6, 6.07) is 1.07. The minimum atomic E-state index is -3.00. The largest absolute Gasteiger partial charge is 0.496 e. The van der Waals surface area contributed by atoms with Crippen LogP contribution in [0.25, 0.3) is 0 Å². The van der Waals surface area contributed by atoms with Crippen molar-refractivity contribution >= 4 is 0 Å². The molecule has 1 heterocycles. The third kappa shape index (κ3) is 1.95. The van der Waals surface area contributed by atoms with Crippen molar-refractivity contribution in [3.63, 3.8) is 0 Å². The van der Waals surface area contributed by atoms with E-state index in [9.17, 15) is 13.2 Å². The van der Waals surface area contributed by atoms with E-state index in [0.717, 1.165) is 13.2 Å². The molecule has 14 heavy (non-hydrogen) atoms. The van der Waals surface area contributed by atoms with Gasteiger partial charge in [-0.2, -0.15) is 4.39 Å². The molecule has 0 saturated heterocycles. The number of pyridine rings is 1. The molecule has 0 fully saturated rings. The van der Waals surface area contributed by atoms with Gasteiger partial charge in [-0.05, 0) is 0 Å². The molecular formula is C8H8F3NO2. The lowest BCUT2D eigenvalue weighted by Gasteiger charge is -2.09. The number of alkyl halides is 2. The minimum absolute atomic E-state index is 0.0521. The summed E-state index contributed by atoms with van der Waals surface area (Å²) in [7, 11) is 1.14. The second-order valence-electron chi connectivity index (χ2n) is 2.48. The quantitative estimate of drug-likeness (QED) is 0.766. The Labute approximate surface area is 78.2 Å². The molecule has 0 bridgehead atoms. The summed E-state index contributed by atoms with van der Waals surface area (Å²) in [6.07, 6.45) is -3.00. The molecule has 0 aromatic carbocycles. The maximum atomic E-state index is 13.0. The average molecular weight is 207 g/mol. The second-order valence-corrected chi connectivity index (χ2v) is 2.48. The summed E-state index contributed by atoms with van der Waals surface area (Å²) >= 11 is 0. The van der Waals surface area contributed by atoms with E-state index in [0.29, 0.717) is 0 Å². The third-order valence-electron chi connectivity index (χ3n) is 1.63. The molecule has 0 saturated carbocycles. The van der Waals surface area contributed by atoms with Crippen LogP contribution in [0, 0.1) is 5.95 Å². The van der Waals surface area contributed by atoms with Crippen molar-refractivity contribution in [1.29, 1.82) is 0 Å². The van der Waals surface area contributed by atoms with E-state index >= 15 is 0 Å². The van der Waals surface area contributed by atoms with Gasteiger partial charge in [0.1, 0.15) is 11.3 Å². The molecule has 0 amide bonds. The Hall–Kier alpha value is -1.30. The first-order valence-corrected chi connectivity index (χ1v) is 3.72. The Bertz CT molecular complexity index is 331. The summed E-state index contributed by atoms with van der Waals surface area (Å²) in [6.45, 7) is -0.531. The lowest BCUT2D eigenvalue weighted by atomic mass is 10.2. The monoisotopic (exact) mass is 207 g/mol. The van der Waals surface area contributed by atoms with Crippen molar-refractivity contribution in [1.82, 2.24) is 4.98 Å². The van der Waals surface area contributed by atoms with Gasteiger partial charge in [0.2, 0.25) is 5.95 Å². The number of aromatic nitrogens is 1. The Morgan fingerprint density at radius 1 is 1.57 bits per heavy atom. The average Bonchev–Trinajstić information content (AvgIpc) is 2.15. The van der Waals surface area contributed by atoms with E-state index < -0.39 is 24.5 Å². The summed E-state index contributed by atoms with van der Waals surface area (Å²) in [5, 5.41) is 8.64. The number of nitrogens with zero attached hydrogens (tertiary/aromatic N) is 1. The number of hydrogen-bond donors (Lipinski definition) is 1. The predicted molar refractivity (Wildman–Crippen MR) is 41.6 cm³/mol. The normalized spacial score (nSPS) is 10.7. The zero-order valence-corrected chi connectivity index (χ0v) is 7.30. The Balaban J connectivity index is 3.27. The van der Waals surface area contributed by atoms with Gasteiger partial charge in [-0.15, -0.1) is 0 Å². The molecule has 0 atom stereocenters. The predicted octanol–water partition coefficient (Wildman–Crippen LogP) is 1.66. The fourth-order valence-corrected chi connectivity index (χ4v) is 0.997. The molecule has 0 unspecified atom stereocenters. The number of methoxy groups -OCH3 is 1. The van der Waals surface area contributed by atoms with Crippen LogP contribution in [-0.4, -0.2) is 17.2 Å². The molecule has 0 aliphatic heterocycles. The minimum Gasteiger partial charge on any atom is -0.496 e. The fraction of sp³-hybridized carbons (Fsp3) is 0.375. The van der Waals surface area contributed by atoms with Crippen LogP contribution >= 0.6 is 0 Å². The van der Waals surface area contributed by atoms with Gasteiger partial charge in [0, 0.05) is 6.07 Å². The highest BCUT2D eigenvalue weighted by Crippen LogP contribution is 2.30. The molecule has 6 heteroatoms. The molecule has 3 nitrogen and oxygen atoms in total. The van der Waals surface area contributed by atoms with Gasteiger partial charge < -0.3 is 9.84 Å². The molecule has 1 N–H and O–H groups in total. The molecule has 0 spiro atoms. The maximum absolute atomic E-state index is 13.0. The van der Waals surface area contributed by atoms with E-state index in [1.807, 2.05) is 0 Å². The molecular weight excluding hydrogens is 199 g/mol. The van der Waals surface area contributed by atoms with Gasteiger partial charge in [0.25, 0.3) is 6.43 Å². The topological polar surface area (TPSA) is 42.4 Å². The second kappa shape index (κ2) is 4.28. The van der Waals surface area contributed by atoms with Crippen LogP contribution in [0.4, 0.5) is 13.2 Å². The van der Waals surface area contributed by atoms with E-state index in [2.05, 4.69) is 9.72 Å². The number of rotatable bonds is 3. The zero-order chi connectivity index (χ0) is 10.7. The van der Waals surface area contributed by atoms with Crippen LogP contribution in [0.5, 0.6) is 5.75 Å². The Morgan fingerprint density at radius 2 is 2.21 bits per heavy atom. The first-order valence-electron chi connectivity index (χ1n) is 3.72. The standard InChI is InChI=1S/C8H8F3NO2/c1-14-5-2-4(3-13)12-8(11)6(5)7(9)10/h2,7,13H,3H2,1H3. The maximum Gasteiger partial charge on any atom is 0.271 e. The van der Waals surface area contributed by atoms with Gasteiger partial charge >= 0.3 is 0 Å². The Kier molecular flexibility index (Phi) is 3.29. The number of aliphatic hydroxyl groups is 1. The molecule has 1 aromatic rings. The van der Waals surface area contributed by atoms with Gasteiger partial charge in [-0.3, -0.25) is 0 Å². The Morgan fingerprint density at radius 3 is 2.64 bits per heavy atom. The first-order chi connectivity index (χ1) is 6.60. The van der Waals surface area contributed by atoms with Crippen molar-refractivity contribution < 1.29 is 23.0 Å². The van der Waals surface area contributed by atoms with Crippen LogP contribution in [0.15, 0.2) is 6.07 Å². The molecule has 78 valence electrons. The number of halogens is 3. The highest BCUT2D eigenvalue weighted by atomic mass is 19.3. The van der Waals surface area contributed by atoms with Crippen LogP contribution < -0.4 is 4.74 Å². The lowest BCUT2D eigenvalue weighted by Crippen LogP contribution is -2.03. The molecule has 1 aromatic heterocycles. The van der Waals surface area contributed by atoms with Gasteiger partial charge in [-0.1, -0.05) is 0 Å².